The third-order valence-electron chi connectivity index (χ3n) is 1.34. The van der Waals surface area contributed by atoms with Gasteiger partial charge in [-0.2, -0.15) is 0 Å². The van der Waals surface area contributed by atoms with Crippen LogP contribution in [0.25, 0.3) is 0 Å². The molecule has 0 fully saturated rings. The van der Waals surface area contributed by atoms with Gasteiger partial charge in [0.15, 0.2) is 0 Å². The van der Waals surface area contributed by atoms with Crippen LogP contribution < -0.4 is 0 Å². The minimum Gasteiger partial charge on any atom is -1.00 e. The third kappa shape index (κ3) is 1.66. The van der Waals surface area contributed by atoms with Crippen molar-refractivity contribution in [2.24, 2.45) is 0 Å². The molecule has 0 nitrogen and oxygen atoms in total. The van der Waals surface area contributed by atoms with E-state index in [9.17, 15) is 0 Å². The first-order valence-electron chi connectivity index (χ1n) is 3.01. The van der Waals surface area contributed by atoms with Crippen molar-refractivity contribution in [3.63, 3.8) is 0 Å². The molecule has 0 atom stereocenters. The molecule has 0 heterocycles. The average molecular weight is 206 g/mol. The second kappa shape index (κ2) is 3.17. The molecule has 0 saturated heterocycles. The molecule has 0 aromatic rings. The quantitative estimate of drug-likeness (QED) is 0.481. The normalized spacial score (nSPS) is 17.1. The third-order valence-corrected chi connectivity index (χ3v) is 2.40. The summed E-state index contributed by atoms with van der Waals surface area (Å²) in [6.07, 6.45) is 8.53. The van der Waals surface area contributed by atoms with E-state index < -0.39 is 0 Å². The number of allylic oxidation sites excluding steroid dienone is 5. The molecule has 1 rings (SSSR count). The fourth-order valence-corrected chi connectivity index (χ4v) is 1.48. The summed E-state index contributed by atoms with van der Waals surface area (Å²) in [5, 5.41) is 0. The van der Waals surface area contributed by atoms with Crippen molar-refractivity contribution in [1.29, 1.82) is 0 Å². The first-order chi connectivity index (χ1) is 4.34. The molecule has 0 N–H and O–H groups in total. The average Bonchev–Trinajstić information content (AvgIpc) is 2.18. The van der Waals surface area contributed by atoms with Crippen molar-refractivity contribution in [2.75, 3.05) is 0 Å². The van der Waals surface area contributed by atoms with Gasteiger partial charge in [-0.1, -0.05) is 0 Å². The topological polar surface area (TPSA) is 0 Å². The molecule has 1 aliphatic carbocycles. The molecular weight excluding hydrogens is 192 g/mol. The van der Waals surface area contributed by atoms with Gasteiger partial charge in [0.25, 0.3) is 0 Å². The Kier molecular flexibility index (Phi) is 2.47. The smallest absolute Gasteiger partial charge is 1.00 e. The minimum absolute atomic E-state index is 0. The van der Waals surface area contributed by atoms with Gasteiger partial charge in [0.05, 0.1) is 0 Å². The summed E-state index contributed by atoms with van der Waals surface area (Å²) in [5.41, 5.74) is 1.45. The van der Waals surface area contributed by atoms with Crippen LogP contribution >= 0.6 is 0 Å². The summed E-state index contributed by atoms with van der Waals surface area (Å²) < 4.78 is 1.51. The van der Waals surface area contributed by atoms with Crippen molar-refractivity contribution in [3.8, 4) is 0 Å². The minimum atomic E-state index is 0. The van der Waals surface area contributed by atoms with E-state index in [4.69, 9.17) is 0 Å². The van der Waals surface area contributed by atoms with Crippen LogP contribution in [0.5, 0.6) is 0 Å². The summed E-state index contributed by atoms with van der Waals surface area (Å²) in [5.74, 6) is 0. The fraction of sp³-hybridized carbons (Fsp3) is 0.250. The van der Waals surface area contributed by atoms with Gasteiger partial charge in [-0.3, -0.25) is 0 Å². The van der Waals surface area contributed by atoms with Crippen molar-refractivity contribution in [3.05, 3.63) is 34.3 Å². The fourth-order valence-electron chi connectivity index (χ4n) is 0.870. The zero-order valence-corrected chi connectivity index (χ0v) is 7.27. The predicted molar refractivity (Wildman–Crippen MR) is 41.2 cm³/mol. The molecule has 0 bridgehead atoms. The summed E-state index contributed by atoms with van der Waals surface area (Å²) in [6, 6.07) is 0. The van der Waals surface area contributed by atoms with Gasteiger partial charge in [0, 0.05) is 0 Å². The monoisotopic (exact) mass is 208 g/mol. The standard InChI is InChI=1S/C8H9.Mo.5H/c1-2-5-8-6-3-4-7-8;;;;;;/h2-3,6H,1,4-5H2;;;;;;/q;+5;5*-1. The summed E-state index contributed by atoms with van der Waals surface area (Å²) >= 11 is 2.11. The predicted octanol–water partition coefficient (Wildman–Crippen LogP) is 2.89. The van der Waals surface area contributed by atoms with Crippen molar-refractivity contribution in [1.82, 2.24) is 0 Å². The second-order valence-electron chi connectivity index (χ2n) is 2.05. The number of rotatable bonds is 2. The molecule has 0 unspecified atom stereocenters. The Morgan fingerprint density at radius 3 is 3.11 bits per heavy atom. The van der Waals surface area contributed by atoms with Crippen LogP contribution in [0.15, 0.2) is 34.3 Å². The van der Waals surface area contributed by atoms with E-state index in [2.05, 4.69) is 38.5 Å². The van der Waals surface area contributed by atoms with Crippen molar-refractivity contribution >= 4 is 0 Å². The molecule has 1 heteroatoms. The number of hydrogen-bond donors (Lipinski definition) is 0. The van der Waals surface area contributed by atoms with E-state index in [-0.39, 0.29) is 7.13 Å². The molecule has 0 saturated carbocycles. The van der Waals surface area contributed by atoms with Crippen LogP contribution in [0.4, 0.5) is 0 Å². The van der Waals surface area contributed by atoms with Crippen LogP contribution in [-0.4, -0.2) is 0 Å². The number of hydrogen-bond acceptors (Lipinski definition) is 0. The molecular formula is C8H14Mo. The molecule has 0 aromatic carbocycles. The van der Waals surface area contributed by atoms with Gasteiger partial charge in [0.2, 0.25) is 0 Å². The van der Waals surface area contributed by atoms with Gasteiger partial charge in [-0.05, 0) is 0 Å². The van der Waals surface area contributed by atoms with E-state index in [1.807, 2.05) is 6.08 Å². The van der Waals surface area contributed by atoms with Crippen LogP contribution in [-0.2, 0) is 19.8 Å². The molecule has 9 heavy (non-hydrogen) atoms. The summed E-state index contributed by atoms with van der Waals surface area (Å²) in [6.45, 7) is 3.69. The zero-order chi connectivity index (χ0) is 6.69. The molecule has 52 valence electrons. The second-order valence-corrected chi connectivity index (χ2v) is 3.26. The Morgan fingerprint density at radius 2 is 2.67 bits per heavy atom. The maximum atomic E-state index is 3.69. The maximum absolute atomic E-state index is 3.69. The Morgan fingerprint density at radius 1 is 1.89 bits per heavy atom. The first kappa shape index (κ1) is 7.02. The van der Waals surface area contributed by atoms with E-state index in [1.165, 1.54) is 9.54 Å². The first-order valence-corrected chi connectivity index (χ1v) is 4.01. The van der Waals surface area contributed by atoms with E-state index in [0.29, 0.717) is 0 Å². The van der Waals surface area contributed by atoms with Crippen LogP contribution in [0.2, 0.25) is 0 Å². The molecule has 0 spiro atoms. The molecule has 0 aliphatic heterocycles. The Bertz CT molecular complexity index is 188. The molecule has 0 radical (unpaired) electrons. The summed E-state index contributed by atoms with van der Waals surface area (Å²) in [4.78, 5) is 0. The van der Waals surface area contributed by atoms with E-state index >= 15 is 0 Å². The van der Waals surface area contributed by atoms with E-state index in [1.54, 1.807) is 0 Å². The van der Waals surface area contributed by atoms with Gasteiger partial charge >= 0.3 is 67.0 Å². The largest absolute Gasteiger partial charge is 1.00 e. The molecule has 1 aliphatic rings. The van der Waals surface area contributed by atoms with Crippen LogP contribution in [0.1, 0.15) is 20.0 Å². The van der Waals surface area contributed by atoms with Gasteiger partial charge in [-0.25, -0.2) is 0 Å². The van der Waals surface area contributed by atoms with E-state index in [0.717, 1.165) is 12.8 Å². The Hall–Kier alpha value is -0.0917. The van der Waals surface area contributed by atoms with Crippen LogP contribution in [0, 0.1) is 0 Å². The molecule has 0 amide bonds. The van der Waals surface area contributed by atoms with Gasteiger partial charge in [-0.15, -0.1) is 0 Å². The molecule has 0 aromatic heterocycles. The Labute approximate surface area is 74.7 Å². The zero-order valence-electron chi connectivity index (χ0n) is 10.3. The van der Waals surface area contributed by atoms with Crippen LogP contribution in [0.3, 0.4) is 0 Å². The van der Waals surface area contributed by atoms with Gasteiger partial charge in [0.1, 0.15) is 0 Å². The van der Waals surface area contributed by atoms with Crippen molar-refractivity contribution in [2.45, 2.75) is 12.8 Å². The SMILES string of the molecule is C=CCC1=[C]([Mo+5])CC=C1.[H-].[H-].[H-].[H-].[H-]. The van der Waals surface area contributed by atoms with Gasteiger partial charge < -0.3 is 7.13 Å². The Balaban J connectivity index is -0.0000000540. The van der Waals surface area contributed by atoms with Crippen molar-refractivity contribution < 1.29 is 26.9 Å². The maximum Gasteiger partial charge on any atom is -1.00 e. The summed E-state index contributed by atoms with van der Waals surface area (Å²) in [7, 11) is 0.